The van der Waals surface area contributed by atoms with Crippen LogP contribution < -0.4 is 5.32 Å². The molecule has 138 valence electrons. The van der Waals surface area contributed by atoms with Gasteiger partial charge in [-0.25, -0.2) is 8.42 Å². The van der Waals surface area contributed by atoms with Gasteiger partial charge in [-0.2, -0.15) is 4.31 Å². The summed E-state index contributed by atoms with van der Waals surface area (Å²) in [6.07, 6.45) is 2.56. The summed E-state index contributed by atoms with van der Waals surface area (Å²) in [4.78, 5) is 2.42. The molecule has 0 aromatic rings. The van der Waals surface area contributed by atoms with Gasteiger partial charge in [0.15, 0.2) is 0 Å². The highest BCUT2D eigenvalue weighted by atomic mass is 35.5. The van der Waals surface area contributed by atoms with E-state index in [1.165, 1.54) is 12.8 Å². The highest BCUT2D eigenvalue weighted by Gasteiger charge is 2.28. The third-order valence-corrected chi connectivity index (χ3v) is 6.33. The average Bonchev–Trinajstić information content (AvgIpc) is 2.48. The van der Waals surface area contributed by atoms with Gasteiger partial charge in [0.2, 0.25) is 10.0 Å². The lowest BCUT2D eigenvalue weighted by molar-refractivity contribution is 0.0901. The average molecular weight is 370 g/mol. The Morgan fingerprint density at radius 2 is 1.74 bits per heavy atom. The molecule has 0 aliphatic carbocycles. The first kappa shape index (κ1) is 21.1. The second-order valence-electron chi connectivity index (χ2n) is 6.63. The normalized spacial score (nSPS) is 22.2. The maximum absolute atomic E-state index is 12.3. The van der Waals surface area contributed by atoms with Crippen molar-refractivity contribution in [2.24, 2.45) is 5.92 Å². The largest absolute Gasteiger partial charge is 0.378 e. The molecule has 2 aliphatic heterocycles. The number of rotatable bonds is 7. The molecule has 2 saturated heterocycles. The Morgan fingerprint density at radius 3 is 2.30 bits per heavy atom. The molecule has 0 saturated carbocycles. The highest BCUT2D eigenvalue weighted by Crippen LogP contribution is 2.16. The van der Waals surface area contributed by atoms with E-state index in [1.807, 2.05) is 13.8 Å². The molecule has 2 heterocycles. The van der Waals surface area contributed by atoms with E-state index in [2.05, 4.69) is 10.2 Å². The fourth-order valence-corrected chi connectivity index (χ4v) is 4.42. The highest BCUT2D eigenvalue weighted by molar-refractivity contribution is 7.89. The summed E-state index contributed by atoms with van der Waals surface area (Å²) in [7, 11) is -3.16. The topological polar surface area (TPSA) is 61.9 Å². The van der Waals surface area contributed by atoms with Crippen LogP contribution >= 0.6 is 12.4 Å². The number of piperidine rings is 1. The molecule has 2 fully saturated rings. The van der Waals surface area contributed by atoms with E-state index < -0.39 is 10.0 Å². The lowest BCUT2D eigenvalue weighted by Crippen LogP contribution is -2.51. The van der Waals surface area contributed by atoms with Gasteiger partial charge in [0.05, 0.1) is 18.5 Å². The minimum Gasteiger partial charge on any atom is -0.378 e. The summed E-state index contributed by atoms with van der Waals surface area (Å²) in [6.45, 7) is 10.4. The van der Waals surface area contributed by atoms with Crippen molar-refractivity contribution in [3.8, 4) is 0 Å². The van der Waals surface area contributed by atoms with Crippen LogP contribution in [-0.2, 0) is 14.8 Å². The Morgan fingerprint density at radius 1 is 1.13 bits per heavy atom. The molecule has 0 aromatic heterocycles. The van der Waals surface area contributed by atoms with Crippen molar-refractivity contribution in [2.75, 3.05) is 58.2 Å². The molecule has 0 amide bonds. The molecule has 0 bridgehead atoms. The van der Waals surface area contributed by atoms with Gasteiger partial charge < -0.3 is 15.0 Å². The van der Waals surface area contributed by atoms with E-state index >= 15 is 0 Å². The van der Waals surface area contributed by atoms with E-state index in [4.69, 9.17) is 4.74 Å². The number of piperazine rings is 1. The van der Waals surface area contributed by atoms with Gasteiger partial charge >= 0.3 is 0 Å². The summed E-state index contributed by atoms with van der Waals surface area (Å²) in [6, 6.07) is 0. The molecule has 0 unspecified atom stereocenters. The van der Waals surface area contributed by atoms with Gasteiger partial charge in [0, 0.05) is 32.7 Å². The first-order chi connectivity index (χ1) is 10.5. The third-order valence-electron chi connectivity index (χ3n) is 4.49. The Balaban J connectivity index is 0.00000264. The Kier molecular flexibility index (Phi) is 9.33. The van der Waals surface area contributed by atoms with Crippen LogP contribution in [0.25, 0.3) is 0 Å². The minimum absolute atomic E-state index is 0. The summed E-state index contributed by atoms with van der Waals surface area (Å²) in [5.41, 5.74) is 0. The van der Waals surface area contributed by atoms with Crippen molar-refractivity contribution in [2.45, 2.75) is 32.8 Å². The summed E-state index contributed by atoms with van der Waals surface area (Å²) in [5, 5.41) is 3.39. The van der Waals surface area contributed by atoms with Crippen LogP contribution in [0, 0.1) is 5.92 Å². The fraction of sp³-hybridized carbons (Fsp3) is 1.00. The zero-order valence-corrected chi connectivity index (χ0v) is 16.0. The van der Waals surface area contributed by atoms with Crippen LogP contribution in [0.2, 0.25) is 0 Å². The fourth-order valence-electron chi connectivity index (χ4n) is 3.14. The molecule has 23 heavy (non-hydrogen) atoms. The van der Waals surface area contributed by atoms with Crippen molar-refractivity contribution in [1.29, 1.82) is 0 Å². The SMILES string of the molecule is CC(C)OCCS(=O)(=O)N1CCN(CC2CCNCC2)CC1.Cl. The van der Waals surface area contributed by atoms with Crippen LogP contribution in [-0.4, -0.2) is 81.9 Å². The van der Waals surface area contributed by atoms with Crippen LogP contribution in [0.4, 0.5) is 0 Å². The Bertz CT molecular complexity index is 420. The van der Waals surface area contributed by atoms with E-state index in [-0.39, 0.29) is 30.9 Å². The van der Waals surface area contributed by atoms with Crippen molar-refractivity contribution < 1.29 is 13.2 Å². The van der Waals surface area contributed by atoms with Gasteiger partial charge in [-0.05, 0) is 45.7 Å². The number of hydrogen-bond donors (Lipinski definition) is 1. The maximum Gasteiger partial charge on any atom is 0.216 e. The van der Waals surface area contributed by atoms with E-state index in [0.717, 1.165) is 38.6 Å². The molecule has 0 radical (unpaired) electrons. The predicted octanol–water partition coefficient (Wildman–Crippen LogP) is 0.780. The lowest BCUT2D eigenvalue weighted by atomic mass is 9.97. The predicted molar refractivity (Wildman–Crippen MR) is 95.7 cm³/mol. The number of nitrogens with zero attached hydrogens (tertiary/aromatic N) is 2. The van der Waals surface area contributed by atoms with Crippen molar-refractivity contribution in [1.82, 2.24) is 14.5 Å². The monoisotopic (exact) mass is 369 g/mol. The molecule has 6 nitrogen and oxygen atoms in total. The molecule has 2 aliphatic rings. The molecular formula is C15H32ClN3O3S. The number of hydrogen-bond acceptors (Lipinski definition) is 5. The molecule has 1 N–H and O–H groups in total. The molecule has 0 atom stereocenters. The van der Waals surface area contributed by atoms with Crippen molar-refractivity contribution >= 4 is 22.4 Å². The zero-order valence-electron chi connectivity index (χ0n) is 14.4. The van der Waals surface area contributed by atoms with Gasteiger partial charge in [0.25, 0.3) is 0 Å². The Labute approximate surface area is 147 Å². The maximum atomic E-state index is 12.3. The van der Waals surface area contributed by atoms with E-state index in [9.17, 15) is 8.42 Å². The molecule has 8 heteroatoms. The van der Waals surface area contributed by atoms with Crippen LogP contribution in [0.1, 0.15) is 26.7 Å². The second-order valence-corrected chi connectivity index (χ2v) is 8.72. The first-order valence-electron chi connectivity index (χ1n) is 8.50. The first-order valence-corrected chi connectivity index (χ1v) is 10.1. The smallest absolute Gasteiger partial charge is 0.216 e. The van der Waals surface area contributed by atoms with Crippen LogP contribution in [0.5, 0.6) is 0 Å². The zero-order chi connectivity index (χ0) is 16.0. The van der Waals surface area contributed by atoms with Gasteiger partial charge in [0.1, 0.15) is 0 Å². The van der Waals surface area contributed by atoms with Crippen LogP contribution in [0.3, 0.4) is 0 Å². The van der Waals surface area contributed by atoms with Crippen molar-refractivity contribution in [3.63, 3.8) is 0 Å². The molecule has 2 rings (SSSR count). The van der Waals surface area contributed by atoms with Gasteiger partial charge in [-0.1, -0.05) is 0 Å². The Hall–Kier alpha value is 0.0800. The minimum atomic E-state index is -3.16. The number of sulfonamides is 1. The summed E-state index contributed by atoms with van der Waals surface area (Å²) < 4.78 is 31.6. The molecular weight excluding hydrogens is 338 g/mol. The second kappa shape index (κ2) is 10.2. The van der Waals surface area contributed by atoms with E-state index in [0.29, 0.717) is 13.1 Å². The number of halogens is 1. The van der Waals surface area contributed by atoms with Crippen molar-refractivity contribution in [3.05, 3.63) is 0 Å². The summed E-state index contributed by atoms with van der Waals surface area (Å²) >= 11 is 0. The molecule has 0 spiro atoms. The quantitative estimate of drug-likeness (QED) is 0.718. The lowest BCUT2D eigenvalue weighted by Gasteiger charge is -2.36. The molecule has 0 aromatic carbocycles. The number of nitrogens with one attached hydrogen (secondary N) is 1. The van der Waals surface area contributed by atoms with Gasteiger partial charge in [-0.15, -0.1) is 12.4 Å². The van der Waals surface area contributed by atoms with E-state index in [1.54, 1.807) is 4.31 Å². The number of ether oxygens (including phenoxy) is 1. The summed E-state index contributed by atoms with van der Waals surface area (Å²) in [5.74, 6) is 0.864. The standard InChI is InChI=1S/C15H31N3O3S.ClH/c1-14(2)21-11-12-22(19,20)18-9-7-17(8-10-18)13-15-3-5-16-6-4-15;/h14-16H,3-13H2,1-2H3;1H. The van der Waals surface area contributed by atoms with Crippen LogP contribution in [0.15, 0.2) is 0 Å². The third kappa shape index (κ3) is 7.23. The van der Waals surface area contributed by atoms with Gasteiger partial charge in [-0.3, -0.25) is 0 Å².